The van der Waals surface area contributed by atoms with Crippen LogP contribution in [0.25, 0.3) is 0 Å². The van der Waals surface area contributed by atoms with Gasteiger partial charge in [0.15, 0.2) is 0 Å². The Morgan fingerprint density at radius 1 is 1.37 bits per heavy atom. The maximum atomic E-state index is 9.65. The van der Waals surface area contributed by atoms with Gasteiger partial charge >= 0.3 is 0 Å². The Hall–Kier alpha value is -1.33. The minimum Gasteiger partial charge on any atom is -0.389 e. The Morgan fingerprint density at radius 2 is 2.21 bits per heavy atom. The smallest absolute Gasteiger partial charge is 0.128 e. The normalized spacial score (nSPS) is 16.3. The Morgan fingerprint density at radius 3 is 2.95 bits per heavy atom. The van der Waals surface area contributed by atoms with E-state index < -0.39 is 6.10 Å². The molecule has 1 N–H and O–H groups in total. The average Bonchev–Trinajstić information content (AvgIpc) is 2.85. The van der Waals surface area contributed by atoms with Crippen LogP contribution in [0.3, 0.4) is 0 Å². The highest BCUT2D eigenvalue weighted by Gasteiger charge is 2.18. The number of hydrogen-bond donors (Lipinski definition) is 1. The summed E-state index contributed by atoms with van der Waals surface area (Å²) in [5.41, 5.74) is 2.08. The summed E-state index contributed by atoms with van der Waals surface area (Å²) in [5.74, 6) is 1.10. The number of anilines is 1. The van der Waals surface area contributed by atoms with Gasteiger partial charge in [-0.1, -0.05) is 22.0 Å². The van der Waals surface area contributed by atoms with Crippen LogP contribution in [-0.4, -0.2) is 21.2 Å². The Bertz CT molecular complexity index is 594. The predicted molar refractivity (Wildman–Crippen MR) is 78.1 cm³/mol. The minimum atomic E-state index is -0.455. The fraction of sp³-hybridized carbons (Fsp3) is 0.357. The van der Waals surface area contributed by atoms with Gasteiger partial charge in [0.1, 0.15) is 5.82 Å². The van der Waals surface area contributed by atoms with Crippen molar-refractivity contribution in [3.05, 3.63) is 46.5 Å². The van der Waals surface area contributed by atoms with Gasteiger partial charge in [-0.05, 0) is 24.6 Å². The summed E-state index contributed by atoms with van der Waals surface area (Å²) < 4.78 is 3.14. The van der Waals surface area contributed by atoms with Crippen molar-refractivity contribution < 1.29 is 5.11 Å². The minimum absolute atomic E-state index is 0.455. The van der Waals surface area contributed by atoms with E-state index in [1.807, 2.05) is 18.5 Å². The number of imidazole rings is 1. The van der Waals surface area contributed by atoms with Crippen LogP contribution >= 0.6 is 15.9 Å². The molecule has 2 heterocycles. The van der Waals surface area contributed by atoms with E-state index >= 15 is 0 Å². The molecule has 0 aliphatic carbocycles. The number of benzene rings is 1. The van der Waals surface area contributed by atoms with Crippen molar-refractivity contribution in [2.45, 2.75) is 26.1 Å². The van der Waals surface area contributed by atoms with Crippen molar-refractivity contribution in [3.63, 3.8) is 0 Å². The zero-order valence-electron chi connectivity index (χ0n) is 10.8. The van der Waals surface area contributed by atoms with E-state index in [2.05, 4.69) is 42.5 Å². The molecule has 0 saturated heterocycles. The summed E-state index contributed by atoms with van der Waals surface area (Å²) in [6.45, 7) is 4.54. The molecule has 4 nitrogen and oxygen atoms in total. The molecule has 1 aliphatic rings. The van der Waals surface area contributed by atoms with Crippen molar-refractivity contribution in [2.24, 2.45) is 0 Å². The van der Waals surface area contributed by atoms with Crippen LogP contribution < -0.4 is 4.90 Å². The molecule has 100 valence electrons. The van der Waals surface area contributed by atoms with Gasteiger partial charge in [0.05, 0.1) is 12.6 Å². The Balaban J connectivity index is 1.86. The van der Waals surface area contributed by atoms with Gasteiger partial charge in [-0.15, -0.1) is 0 Å². The molecule has 0 fully saturated rings. The number of hydrogen-bond acceptors (Lipinski definition) is 3. The molecule has 0 saturated carbocycles. The first-order chi connectivity index (χ1) is 9.15. The zero-order chi connectivity index (χ0) is 13.4. The lowest BCUT2D eigenvalue weighted by Gasteiger charge is -2.30. The Labute approximate surface area is 120 Å². The molecular weight excluding hydrogens is 306 g/mol. The number of aliphatic hydroxyl groups is 1. The van der Waals surface area contributed by atoms with Gasteiger partial charge in [0, 0.05) is 35.6 Å². The van der Waals surface area contributed by atoms with Gasteiger partial charge < -0.3 is 14.6 Å². The second-order valence-electron chi connectivity index (χ2n) is 4.84. The molecule has 1 aromatic heterocycles. The summed E-state index contributed by atoms with van der Waals surface area (Å²) in [6.07, 6.45) is 3.42. The molecule has 0 unspecified atom stereocenters. The third kappa shape index (κ3) is 2.40. The summed E-state index contributed by atoms with van der Waals surface area (Å²) >= 11 is 3.53. The third-order valence-corrected chi connectivity index (χ3v) is 4.23. The summed E-state index contributed by atoms with van der Waals surface area (Å²) in [5, 5.41) is 9.65. The number of aliphatic hydroxyl groups excluding tert-OH is 1. The van der Waals surface area contributed by atoms with Crippen LogP contribution in [0.5, 0.6) is 0 Å². The van der Waals surface area contributed by atoms with E-state index in [-0.39, 0.29) is 0 Å². The molecule has 3 rings (SSSR count). The van der Waals surface area contributed by atoms with E-state index in [9.17, 15) is 5.11 Å². The highest BCUT2D eigenvalue weighted by molar-refractivity contribution is 9.10. The van der Waals surface area contributed by atoms with E-state index in [4.69, 9.17) is 0 Å². The van der Waals surface area contributed by atoms with Crippen molar-refractivity contribution in [3.8, 4) is 0 Å². The van der Waals surface area contributed by atoms with E-state index in [0.29, 0.717) is 0 Å². The first-order valence-corrected chi connectivity index (χ1v) is 7.17. The standard InChI is InChI=1S/C14H16BrN3O/c1-10(19)12-3-2-11(8-13(12)15)18-7-6-17-5-4-16-14(17)9-18/h2-5,8,10,19H,6-7,9H2,1H3/t10-/m0/s1. The summed E-state index contributed by atoms with van der Waals surface area (Å²) in [6, 6.07) is 6.11. The lowest BCUT2D eigenvalue weighted by atomic mass is 10.1. The fourth-order valence-corrected chi connectivity index (χ4v) is 3.14. The molecule has 1 aromatic carbocycles. The second kappa shape index (κ2) is 4.98. The molecule has 0 amide bonds. The van der Waals surface area contributed by atoms with Crippen molar-refractivity contribution >= 4 is 21.6 Å². The van der Waals surface area contributed by atoms with Crippen LogP contribution in [-0.2, 0) is 13.1 Å². The monoisotopic (exact) mass is 321 g/mol. The summed E-state index contributed by atoms with van der Waals surface area (Å²) in [7, 11) is 0. The van der Waals surface area contributed by atoms with Crippen molar-refractivity contribution in [1.29, 1.82) is 0 Å². The Kier molecular flexibility index (Phi) is 3.33. The molecular formula is C14H16BrN3O. The maximum Gasteiger partial charge on any atom is 0.128 e. The molecule has 1 atom stereocenters. The number of fused-ring (bicyclic) bond motifs is 1. The largest absolute Gasteiger partial charge is 0.389 e. The molecule has 5 heteroatoms. The van der Waals surface area contributed by atoms with Crippen LogP contribution in [0, 0.1) is 0 Å². The summed E-state index contributed by atoms with van der Waals surface area (Å²) in [4.78, 5) is 6.67. The van der Waals surface area contributed by atoms with Crippen LogP contribution in [0.2, 0.25) is 0 Å². The van der Waals surface area contributed by atoms with Gasteiger partial charge in [-0.2, -0.15) is 0 Å². The number of aromatic nitrogens is 2. The van der Waals surface area contributed by atoms with Crippen LogP contribution in [0.4, 0.5) is 5.69 Å². The fourth-order valence-electron chi connectivity index (χ4n) is 2.45. The topological polar surface area (TPSA) is 41.3 Å². The number of halogens is 1. The quantitative estimate of drug-likeness (QED) is 0.924. The third-order valence-electron chi connectivity index (χ3n) is 3.54. The lowest BCUT2D eigenvalue weighted by Crippen LogP contribution is -2.33. The molecule has 0 spiro atoms. The molecule has 0 bridgehead atoms. The second-order valence-corrected chi connectivity index (χ2v) is 5.69. The molecule has 1 aliphatic heterocycles. The van der Waals surface area contributed by atoms with Crippen LogP contribution in [0.15, 0.2) is 35.1 Å². The molecule has 19 heavy (non-hydrogen) atoms. The van der Waals surface area contributed by atoms with Gasteiger partial charge in [-0.25, -0.2) is 4.98 Å². The van der Waals surface area contributed by atoms with E-state index in [0.717, 1.165) is 41.2 Å². The number of nitrogens with zero attached hydrogens (tertiary/aromatic N) is 3. The van der Waals surface area contributed by atoms with Crippen molar-refractivity contribution in [2.75, 3.05) is 11.4 Å². The number of rotatable bonds is 2. The maximum absolute atomic E-state index is 9.65. The SMILES string of the molecule is C[C@H](O)c1ccc(N2CCn3ccnc3C2)cc1Br. The average molecular weight is 322 g/mol. The highest BCUT2D eigenvalue weighted by atomic mass is 79.9. The zero-order valence-corrected chi connectivity index (χ0v) is 12.3. The van der Waals surface area contributed by atoms with Crippen molar-refractivity contribution in [1.82, 2.24) is 9.55 Å². The van der Waals surface area contributed by atoms with Gasteiger partial charge in [0.2, 0.25) is 0 Å². The lowest BCUT2D eigenvalue weighted by molar-refractivity contribution is 0.198. The first-order valence-electron chi connectivity index (χ1n) is 6.37. The van der Waals surface area contributed by atoms with E-state index in [1.54, 1.807) is 6.92 Å². The first kappa shape index (κ1) is 12.7. The van der Waals surface area contributed by atoms with Gasteiger partial charge in [-0.3, -0.25) is 0 Å². The van der Waals surface area contributed by atoms with Crippen LogP contribution in [0.1, 0.15) is 24.4 Å². The molecule has 0 radical (unpaired) electrons. The molecule has 2 aromatic rings. The highest BCUT2D eigenvalue weighted by Crippen LogP contribution is 2.29. The van der Waals surface area contributed by atoms with Gasteiger partial charge in [0.25, 0.3) is 0 Å². The predicted octanol–water partition coefficient (Wildman–Crippen LogP) is 2.72. The van der Waals surface area contributed by atoms with E-state index in [1.165, 1.54) is 0 Å².